The first kappa shape index (κ1) is 23.3. The number of amidine groups is 2. The molecule has 0 bridgehead atoms. The first-order valence-electron chi connectivity index (χ1n) is 12.5. The first-order chi connectivity index (χ1) is 18.7. The molecule has 0 atom stereocenters. The lowest BCUT2D eigenvalue weighted by atomic mass is 10.0. The van der Waals surface area contributed by atoms with Gasteiger partial charge in [0.25, 0.3) is 0 Å². The predicted molar refractivity (Wildman–Crippen MR) is 157 cm³/mol. The van der Waals surface area contributed by atoms with Crippen LogP contribution in [0, 0.1) is 5.41 Å². The molecule has 2 aromatic heterocycles. The Labute approximate surface area is 221 Å². The fraction of sp³-hybridized carbons (Fsp3) is 0.0303. The van der Waals surface area contributed by atoms with E-state index in [1.54, 1.807) is 0 Å². The zero-order chi connectivity index (χ0) is 25.9. The van der Waals surface area contributed by atoms with Gasteiger partial charge in [-0.3, -0.25) is 15.4 Å². The molecule has 38 heavy (non-hydrogen) atoms. The maximum absolute atomic E-state index is 8.64. The lowest BCUT2D eigenvalue weighted by Crippen LogP contribution is -2.21. The lowest BCUT2D eigenvalue weighted by Gasteiger charge is -2.10. The van der Waals surface area contributed by atoms with Crippen molar-refractivity contribution in [2.24, 2.45) is 4.99 Å². The third kappa shape index (κ3) is 4.42. The highest BCUT2D eigenvalue weighted by Crippen LogP contribution is 2.28. The third-order valence-electron chi connectivity index (χ3n) is 6.66. The minimum absolute atomic E-state index is 0.194. The van der Waals surface area contributed by atoms with Crippen molar-refractivity contribution in [2.75, 3.05) is 7.05 Å². The number of pyridine rings is 2. The van der Waals surface area contributed by atoms with Gasteiger partial charge in [0.05, 0.1) is 11.0 Å². The van der Waals surface area contributed by atoms with Crippen molar-refractivity contribution < 1.29 is 0 Å². The van der Waals surface area contributed by atoms with Crippen molar-refractivity contribution in [1.29, 1.82) is 5.41 Å². The molecule has 0 amide bonds. The molecule has 0 fully saturated rings. The summed E-state index contributed by atoms with van der Waals surface area (Å²) < 4.78 is 0. The summed E-state index contributed by atoms with van der Waals surface area (Å²) in [6.45, 7) is 0. The van der Waals surface area contributed by atoms with Crippen LogP contribution in [0.15, 0.2) is 127 Å². The minimum Gasteiger partial charge on any atom is -0.373 e. The Morgan fingerprint density at radius 3 is 1.58 bits per heavy atom. The highest BCUT2D eigenvalue weighted by Gasteiger charge is 2.10. The highest BCUT2D eigenvalue weighted by atomic mass is 15.0. The van der Waals surface area contributed by atoms with Gasteiger partial charge in [-0.15, -0.1) is 0 Å². The number of hydrogen-bond donors (Lipinski definition) is 2. The molecule has 4 aromatic carbocycles. The van der Waals surface area contributed by atoms with Crippen LogP contribution in [0.2, 0.25) is 0 Å². The summed E-state index contributed by atoms with van der Waals surface area (Å²) in [5.74, 6) is 0.833. The number of aliphatic imine (C=N–C) groups is 1. The Morgan fingerprint density at radius 2 is 1.08 bits per heavy atom. The summed E-state index contributed by atoms with van der Waals surface area (Å²) >= 11 is 0. The van der Waals surface area contributed by atoms with Gasteiger partial charge in [0.15, 0.2) is 5.84 Å². The molecule has 5 heteroatoms. The largest absolute Gasteiger partial charge is 0.373 e. The topological polar surface area (TPSA) is 74.0 Å². The van der Waals surface area contributed by atoms with Gasteiger partial charge in [-0.2, -0.15) is 0 Å². The molecular weight excluding hydrogens is 466 g/mol. The van der Waals surface area contributed by atoms with Crippen LogP contribution in [0.3, 0.4) is 0 Å². The average Bonchev–Trinajstić information content (AvgIpc) is 2.99. The monoisotopic (exact) mass is 491 g/mol. The van der Waals surface area contributed by atoms with Crippen molar-refractivity contribution in [3.63, 3.8) is 0 Å². The standard InChI is InChI=1S/C33H25N5/c1-35-33(27-18-14-23(15-19-27)29-11-3-7-25-9-5-21-37-31(25)29)38-32(34)26-16-12-22(13-17-26)28-10-2-6-24-8-4-20-36-30(24)28/h2-21H,1H3,(H2,34,35,38). The Balaban J connectivity index is 1.26. The molecule has 0 radical (unpaired) electrons. The fourth-order valence-corrected chi connectivity index (χ4v) is 4.73. The summed E-state index contributed by atoms with van der Waals surface area (Å²) in [5.41, 5.74) is 7.91. The molecule has 0 saturated heterocycles. The number of nitrogens with one attached hydrogen (secondary N) is 2. The van der Waals surface area contributed by atoms with Gasteiger partial charge in [0.1, 0.15) is 5.84 Å². The second-order valence-corrected chi connectivity index (χ2v) is 8.98. The SMILES string of the molecule is CN/C(=N\C(=N)c1ccc(-c2cccc3cccnc23)cc1)c1ccc(-c2cccc3cccnc23)cc1. The van der Waals surface area contributed by atoms with Gasteiger partial charge in [-0.1, -0.05) is 97.1 Å². The molecule has 0 unspecified atom stereocenters. The quantitative estimate of drug-likeness (QED) is 0.204. The fourth-order valence-electron chi connectivity index (χ4n) is 4.73. The highest BCUT2D eigenvalue weighted by molar-refractivity contribution is 6.10. The minimum atomic E-state index is 0.194. The van der Waals surface area contributed by atoms with Crippen LogP contribution in [-0.4, -0.2) is 28.7 Å². The number of fused-ring (bicyclic) bond motifs is 2. The van der Waals surface area contributed by atoms with E-state index >= 15 is 0 Å². The number of hydrogen-bond acceptors (Lipinski definition) is 3. The zero-order valence-corrected chi connectivity index (χ0v) is 20.9. The normalized spacial score (nSPS) is 11.6. The molecule has 0 aliphatic heterocycles. The Hall–Kier alpha value is -5.16. The van der Waals surface area contributed by atoms with Gasteiger partial charge in [0, 0.05) is 52.5 Å². The molecule has 5 nitrogen and oxygen atoms in total. The summed E-state index contributed by atoms with van der Waals surface area (Å²) in [4.78, 5) is 13.7. The molecule has 182 valence electrons. The van der Waals surface area contributed by atoms with E-state index in [4.69, 9.17) is 5.41 Å². The predicted octanol–water partition coefficient (Wildman–Crippen LogP) is 7.11. The van der Waals surface area contributed by atoms with Gasteiger partial charge in [-0.25, -0.2) is 4.99 Å². The van der Waals surface area contributed by atoms with Gasteiger partial charge < -0.3 is 5.32 Å². The van der Waals surface area contributed by atoms with Crippen molar-refractivity contribution in [3.8, 4) is 22.3 Å². The summed E-state index contributed by atoms with van der Waals surface area (Å²) in [5, 5.41) is 14.0. The van der Waals surface area contributed by atoms with E-state index in [1.807, 2.05) is 74.0 Å². The third-order valence-corrected chi connectivity index (χ3v) is 6.66. The number of benzene rings is 4. The smallest absolute Gasteiger partial charge is 0.154 e. The van der Waals surface area contributed by atoms with E-state index in [2.05, 4.69) is 74.9 Å². The van der Waals surface area contributed by atoms with Crippen molar-refractivity contribution in [2.45, 2.75) is 0 Å². The van der Waals surface area contributed by atoms with Crippen molar-refractivity contribution in [1.82, 2.24) is 15.3 Å². The van der Waals surface area contributed by atoms with Crippen LogP contribution in [0.25, 0.3) is 44.1 Å². The van der Waals surface area contributed by atoms with E-state index in [0.717, 1.165) is 55.2 Å². The number of nitrogens with zero attached hydrogens (tertiary/aromatic N) is 3. The summed E-state index contributed by atoms with van der Waals surface area (Å²) in [6, 6.07) is 36.5. The van der Waals surface area contributed by atoms with Crippen molar-refractivity contribution >= 4 is 33.5 Å². The molecule has 0 spiro atoms. The molecule has 6 aromatic rings. The van der Waals surface area contributed by atoms with Gasteiger partial charge in [-0.05, 0) is 23.3 Å². The van der Waals surface area contributed by atoms with Crippen LogP contribution in [0.5, 0.6) is 0 Å². The van der Waals surface area contributed by atoms with Gasteiger partial charge in [0.2, 0.25) is 0 Å². The van der Waals surface area contributed by atoms with E-state index in [-0.39, 0.29) is 5.84 Å². The van der Waals surface area contributed by atoms with Crippen LogP contribution in [-0.2, 0) is 0 Å². The van der Waals surface area contributed by atoms with E-state index in [9.17, 15) is 0 Å². The Morgan fingerprint density at radius 1 is 0.605 bits per heavy atom. The second-order valence-electron chi connectivity index (χ2n) is 8.98. The molecule has 0 saturated carbocycles. The Bertz CT molecular complexity index is 1790. The Kier molecular flexibility index (Phi) is 6.16. The number of aromatic nitrogens is 2. The van der Waals surface area contributed by atoms with Gasteiger partial charge >= 0.3 is 0 Å². The number of rotatable bonds is 4. The number of para-hydroxylation sites is 2. The molecule has 6 rings (SSSR count). The maximum atomic E-state index is 8.64. The van der Waals surface area contributed by atoms with E-state index in [1.165, 1.54) is 0 Å². The summed E-state index contributed by atoms with van der Waals surface area (Å²) in [6.07, 6.45) is 3.64. The molecule has 0 aliphatic carbocycles. The van der Waals surface area contributed by atoms with E-state index in [0.29, 0.717) is 5.84 Å². The molecule has 0 aliphatic rings. The summed E-state index contributed by atoms with van der Waals surface area (Å²) in [7, 11) is 1.82. The van der Waals surface area contributed by atoms with Crippen LogP contribution < -0.4 is 5.32 Å². The first-order valence-corrected chi connectivity index (χ1v) is 12.5. The molecular formula is C33H25N5. The lowest BCUT2D eigenvalue weighted by molar-refractivity contribution is 1.16. The van der Waals surface area contributed by atoms with Crippen molar-refractivity contribution in [3.05, 3.63) is 133 Å². The van der Waals surface area contributed by atoms with Crippen LogP contribution >= 0.6 is 0 Å². The zero-order valence-electron chi connectivity index (χ0n) is 20.9. The van der Waals surface area contributed by atoms with Crippen LogP contribution in [0.1, 0.15) is 11.1 Å². The van der Waals surface area contributed by atoms with Crippen LogP contribution in [0.4, 0.5) is 0 Å². The average molecular weight is 492 g/mol. The second kappa shape index (κ2) is 10.1. The molecule has 2 heterocycles. The van der Waals surface area contributed by atoms with E-state index < -0.39 is 0 Å². The maximum Gasteiger partial charge on any atom is 0.154 e. The molecule has 2 N–H and O–H groups in total.